The van der Waals surface area contributed by atoms with Crippen molar-refractivity contribution >= 4 is 0 Å². The molecule has 0 saturated heterocycles. The molecule has 0 spiro atoms. The summed E-state index contributed by atoms with van der Waals surface area (Å²) in [6.45, 7) is 9.79. The molecule has 0 aliphatic heterocycles. The highest BCUT2D eigenvalue weighted by molar-refractivity contribution is 5.37. The minimum atomic E-state index is -1.12. The number of allylic oxidation sites excluding steroid dienone is 1. The van der Waals surface area contributed by atoms with Crippen LogP contribution in [0.15, 0.2) is 23.8 Å². The van der Waals surface area contributed by atoms with Crippen molar-refractivity contribution in [3.63, 3.8) is 0 Å². The van der Waals surface area contributed by atoms with E-state index in [1.165, 1.54) is 0 Å². The zero-order valence-electron chi connectivity index (χ0n) is 9.09. The summed E-state index contributed by atoms with van der Waals surface area (Å²) in [7, 11) is 0. The fraction of sp³-hybridized carbons (Fsp3) is 0.583. The molecule has 0 bridgehead atoms. The van der Waals surface area contributed by atoms with Crippen LogP contribution in [0, 0.1) is 16.7 Å². The number of nitrogens with zero attached hydrogens (tertiary/aromatic N) is 1. The van der Waals surface area contributed by atoms with Crippen molar-refractivity contribution in [1.29, 1.82) is 5.26 Å². The molecule has 0 fully saturated rings. The highest BCUT2D eigenvalue weighted by atomic mass is 16.3. The van der Waals surface area contributed by atoms with E-state index >= 15 is 0 Å². The largest absolute Gasteiger partial charge is 0.380 e. The Morgan fingerprint density at radius 2 is 2.21 bits per heavy atom. The van der Waals surface area contributed by atoms with Crippen molar-refractivity contribution in [3.8, 4) is 6.07 Å². The monoisotopic (exact) mass is 191 g/mol. The Kier molecular flexibility index (Phi) is 2.56. The van der Waals surface area contributed by atoms with Gasteiger partial charge in [0.05, 0.1) is 11.6 Å². The SMILES string of the molecule is C=C(C#N)C1(O)C=C(C)CC(C)(C)C1. The summed E-state index contributed by atoms with van der Waals surface area (Å²) in [5, 5.41) is 19.0. The van der Waals surface area contributed by atoms with Crippen molar-refractivity contribution < 1.29 is 5.11 Å². The molecule has 1 atom stereocenters. The van der Waals surface area contributed by atoms with Crippen molar-refractivity contribution in [2.24, 2.45) is 5.41 Å². The van der Waals surface area contributed by atoms with Gasteiger partial charge in [0.25, 0.3) is 0 Å². The molecule has 0 aromatic rings. The molecule has 0 radical (unpaired) electrons. The van der Waals surface area contributed by atoms with Gasteiger partial charge in [0.2, 0.25) is 0 Å². The summed E-state index contributed by atoms with van der Waals surface area (Å²) in [4.78, 5) is 0. The van der Waals surface area contributed by atoms with Crippen LogP contribution in [0.3, 0.4) is 0 Å². The lowest BCUT2D eigenvalue weighted by Gasteiger charge is -2.39. The molecule has 1 aliphatic carbocycles. The van der Waals surface area contributed by atoms with E-state index in [0.29, 0.717) is 6.42 Å². The summed E-state index contributed by atoms with van der Waals surface area (Å²) in [6.07, 6.45) is 3.31. The van der Waals surface area contributed by atoms with E-state index in [1.807, 2.05) is 13.0 Å². The summed E-state index contributed by atoms with van der Waals surface area (Å²) in [5.74, 6) is 0. The Balaban J connectivity index is 3.08. The molecule has 1 N–H and O–H groups in total. The van der Waals surface area contributed by atoms with Gasteiger partial charge in [-0.2, -0.15) is 5.26 Å². The van der Waals surface area contributed by atoms with E-state index in [9.17, 15) is 5.11 Å². The maximum Gasteiger partial charge on any atom is 0.118 e. The molecule has 1 unspecified atom stereocenters. The summed E-state index contributed by atoms with van der Waals surface area (Å²) < 4.78 is 0. The number of nitriles is 1. The highest BCUT2D eigenvalue weighted by Crippen LogP contribution is 2.42. The number of aliphatic hydroxyl groups is 1. The normalized spacial score (nSPS) is 30.4. The van der Waals surface area contributed by atoms with E-state index in [-0.39, 0.29) is 11.0 Å². The topological polar surface area (TPSA) is 44.0 Å². The maximum atomic E-state index is 10.2. The van der Waals surface area contributed by atoms with Gasteiger partial charge in [-0.05, 0) is 31.3 Å². The predicted octanol–water partition coefficient (Wildman–Crippen LogP) is 2.56. The van der Waals surface area contributed by atoms with Gasteiger partial charge in [-0.25, -0.2) is 0 Å². The minimum absolute atomic E-state index is 0.0351. The van der Waals surface area contributed by atoms with E-state index in [0.717, 1.165) is 12.0 Å². The number of rotatable bonds is 1. The van der Waals surface area contributed by atoms with Gasteiger partial charge >= 0.3 is 0 Å². The first-order chi connectivity index (χ1) is 6.29. The van der Waals surface area contributed by atoms with Crippen molar-refractivity contribution in [2.75, 3.05) is 0 Å². The molecule has 0 heterocycles. The first-order valence-corrected chi connectivity index (χ1v) is 4.79. The standard InChI is InChI=1S/C12H17NO/c1-9-5-11(3,4)8-12(14,6-9)10(2)7-13/h6,14H,2,5,8H2,1,3-4H3. The molecule has 2 nitrogen and oxygen atoms in total. The molecule has 0 amide bonds. The third-order valence-corrected chi connectivity index (χ3v) is 2.65. The van der Waals surface area contributed by atoms with E-state index in [4.69, 9.17) is 5.26 Å². The average molecular weight is 191 g/mol. The lowest BCUT2D eigenvalue weighted by molar-refractivity contribution is 0.0669. The predicted molar refractivity (Wildman–Crippen MR) is 56.5 cm³/mol. The Morgan fingerprint density at radius 1 is 1.64 bits per heavy atom. The van der Waals surface area contributed by atoms with E-state index in [1.54, 1.807) is 6.08 Å². The van der Waals surface area contributed by atoms with Gasteiger partial charge in [0.15, 0.2) is 0 Å². The molecule has 0 aromatic heterocycles. The third-order valence-electron chi connectivity index (χ3n) is 2.65. The zero-order chi connectivity index (χ0) is 11.0. The van der Waals surface area contributed by atoms with Gasteiger partial charge in [0.1, 0.15) is 5.60 Å². The smallest absolute Gasteiger partial charge is 0.118 e. The van der Waals surface area contributed by atoms with Crippen LogP contribution in [0.4, 0.5) is 0 Å². The fourth-order valence-electron chi connectivity index (χ4n) is 2.35. The van der Waals surface area contributed by atoms with Crippen LogP contribution in [-0.4, -0.2) is 10.7 Å². The first kappa shape index (κ1) is 11.0. The zero-order valence-corrected chi connectivity index (χ0v) is 9.09. The molecule has 14 heavy (non-hydrogen) atoms. The minimum Gasteiger partial charge on any atom is -0.380 e. The van der Waals surface area contributed by atoms with Crippen LogP contribution in [-0.2, 0) is 0 Å². The number of hydrogen-bond acceptors (Lipinski definition) is 2. The molecule has 2 heteroatoms. The first-order valence-electron chi connectivity index (χ1n) is 4.79. The molecule has 1 aliphatic rings. The second kappa shape index (κ2) is 3.25. The molecular weight excluding hydrogens is 174 g/mol. The maximum absolute atomic E-state index is 10.2. The van der Waals surface area contributed by atoms with Gasteiger partial charge in [-0.3, -0.25) is 0 Å². The van der Waals surface area contributed by atoms with Crippen LogP contribution < -0.4 is 0 Å². The van der Waals surface area contributed by atoms with E-state index in [2.05, 4.69) is 20.4 Å². The van der Waals surface area contributed by atoms with Crippen LogP contribution in [0.2, 0.25) is 0 Å². The van der Waals surface area contributed by atoms with Gasteiger partial charge in [0, 0.05) is 0 Å². The Morgan fingerprint density at radius 3 is 2.64 bits per heavy atom. The second-order valence-electron chi connectivity index (χ2n) is 5.02. The summed E-state index contributed by atoms with van der Waals surface area (Å²) in [6, 6.07) is 1.94. The molecule has 76 valence electrons. The van der Waals surface area contributed by atoms with E-state index < -0.39 is 5.60 Å². The lowest BCUT2D eigenvalue weighted by Crippen LogP contribution is -2.37. The van der Waals surface area contributed by atoms with Crippen LogP contribution >= 0.6 is 0 Å². The molecule has 1 rings (SSSR count). The van der Waals surface area contributed by atoms with Crippen molar-refractivity contribution in [3.05, 3.63) is 23.8 Å². The molecular formula is C12H17NO. The summed E-state index contributed by atoms with van der Waals surface area (Å²) in [5.41, 5.74) is 0.276. The summed E-state index contributed by atoms with van der Waals surface area (Å²) >= 11 is 0. The molecule has 0 aromatic carbocycles. The Labute approximate surface area is 85.6 Å². The van der Waals surface area contributed by atoms with Crippen molar-refractivity contribution in [1.82, 2.24) is 0 Å². The highest BCUT2D eigenvalue weighted by Gasteiger charge is 2.39. The van der Waals surface area contributed by atoms with Crippen LogP contribution in [0.1, 0.15) is 33.6 Å². The van der Waals surface area contributed by atoms with Crippen molar-refractivity contribution in [2.45, 2.75) is 39.2 Å². The van der Waals surface area contributed by atoms with Gasteiger partial charge in [-0.1, -0.05) is 26.0 Å². The fourth-order valence-corrected chi connectivity index (χ4v) is 2.35. The second-order valence-corrected chi connectivity index (χ2v) is 5.02. The van der Waals surface area contributed by atoms with Crippen LogP contribution in [0.25, 0.3) is 0 Å². The quantitative estimate of drug-likeness (QED) is 0.511. The number of hydrogen-bond donors (Lipinski definition) is 1. The van der Waals surface area contributed by atoms with Gasteiger partial charge < -0.3 is 5.11 Å². The third kappa shape index (κ3) is 2.05. The Hall–Kier alpha value is -1.07. The van der Waals surface area contributed by atoms with Crippen LogP contribution in [0.5, 0.6) is 0 Å². The molecule has 0 saturated carbocycles. The Bertz CT molecular complexity index is 333. The van der Waals surface area contributed by atoms with Gasteiger partial charge in [-0.15, -0.1) is 0 Å². The lowest BCUT2D eigenvalue weighted by atomic mass is 9.69. The average Bonchev–Trinajstić information content (AvgIpc) is 1.98.